The highest BCUT2D eigenvalue weighted by Crippen LogP contribution is 2.16. The van der Waals surface area contributed by atoms with Gasteiger partial charge in [0.1, 0.15) is 0 Å². The smallest absolute Gasteiger partial charge is 0.326 e. The number of aliphatic imine (C=N–C) groups is 1. The van der Waals surface area contributed by atoms with Crippen LogP contribution in [-0.4, -0.2) is 19.0 Å². The highest BCUT2D eigenvalue weighted by molar-refractivity contribution is 6.03. The van der Waals surface area contributed by atoms with E-state index in [9.17, 15) is 4.79 Å². The van der Waals surface area contributed by atoms with Gasteiger partial charge in [0.25, 0.3) is 0 Å². The molecule has 0 atom stereocenters. The second-order valence-corrected chi connectivity index (χ2v) is 5.22. The lowest BCUT2D eigenvalue weighted by Crippen LogP contribution is -2.42. The summed E-state index contributed by atoms with van der Waals surface area (Å²) in [5.74, 6) is 0.463. The third-order valence-corrected chi connectivity index (χ3v) is 3.41. The second kappa shape index (κ2) is 6.92. The molecule has 112 valence electrons. The predicted molar refractivity (Wildman–Crippen MR) is 86.5 cm³/mol. The van der Waals surface area contributed by atoms with Crippen molar-refractivity contribution in [3.8, 4) is 0 Å². The standard InChI is InChI=1S/C16H22N4O/c1-11-8-9-14(12(2)10-11)19-16(21)20-15(17-3)18-13-6-4-5-7-13/h6,8-10H,4-5,7H2,1-3H3,(H3,17,18,19,20,21). The van der Waals surface area contributed by atoms with E-state index in [2.05, 4.69) is 27.0 Å². The molecule has 0 aromatic heterocycles. The third-order valence-electron chi connectivity index (χ3n) is 3.41. The maximum Gasteiger partial charge on any atom is 0.326 e. The van der Waals surface area contributed by atoms with E-state index in [0.717, 1.165) is 36.2 Å². The van der Waals surface area contributed by atoms with Gasteiger partial charge in [-0.05, 0) is 44.7 Å². The van der Waals surface area contributed by atoms with Crippen molar-refractivity contribution in [1.29, 1.82) is 0 Å². The minimum Gasteiger partial charge on any atom is -0.330 e. The minimum absolute atomic E-state index is 0.298. The average molecular weight is 286 g/mol. The Hall–Kier alpha value is -2.30. The molecule has 1 aliphatic carbocycles. The molecule has 0 spiro atoms. The third kappa shape index (κ3) is 4.34. The number of nitrogens with zero attached hydrogens (tertiary/aromatic N) is 1. The van der Waals surface area contributed by atoms with Crippen molar-refractivity contribution >= 4 is 17.7 Å². The number of carbonyl (C=O) groups is 1. The number of allylic oxidation sites excluding steroid dienone is 2. The van der Waals surface area contributed by atoms with Crippen LogP contribution < -0.4 is 16.0 Å². The quantitative estimate of drug-likeness (QED) is 0.578. The maximum absolute atomic E-state index is 12.0. The number of aryl methyl sites for hydroxylation is 2. The van der Waals surface area contributed by atoms with Gasteiger partial charge < -0.3 is 10.6 Å². The molecule has 1 aromatic rings. The largest absolute Gasteiger partial charge is 0.330 e. The molecule has 5 nitrogen and oxygen atoms in total. The number of benzene rings is 1. The Labute approximate surface area is 125 Å². The first kappa shape index (κ1) is 15.1. The van der Waals surface area contributed by atoms with Crippen LogP contribution in [0.5, 0.6) is 0 Å². The minimum atomic E-state index is -0.298. The number of anilines is 1. The van der Waals surface area contributed by atoms with Gasteiger partial charge in [-0.2, -0.15) is 0 Å². The Morgan fingerprint density at radius 2 is 2.05 bits per heavy atom. The van der Waals surface area contributed by atoms with Crippen LogP contribution in [0.1, 0.15) is 30.4 Å². The molecule has 2 amide bonds. The summed E-state index contributed by atoms with van der Waals surface area (Å²) in [5.41, 5.74) is 4.12. The first-order valence-corrected chi connectivity index (χ1v) is 7.16. The first-order valence-electron chi connectivity index (χ1n) is 7.16. The van der Waals surface area contributed by atoms with Crippen molar-refractivity contribution in [2.24, 2.45) is 4.99 Å². The van der Waals surface area contributed by atoms with E-state index in [0.29, 0.717) is 5.96 Å². The van der Waals surface area contributed by atoms with Crippen LogP contribution in [0, 0.1) is 13.8 Å². The van der Waals surface area contributed by atoms with Crippen LogP contribution in [0.25, 0.3) is 0 Å². The van der Waals surface area contributed by atoms with Crippen LogP contribution in [0.4, 0.5) is 10.5 Å². The molecule has 1 aliphatic rings. The molecule has 0 heterocycles. The van der Waals surface area contributed by atoms with Gasteiger partial charge in [-0.15, -0.1) is 0 Å². The van der Waals surface area contributed by atoms with Crippen molar-refractivity contribution in [2.75, 3.05) is 12.4 Å². The molecule has 0 fully saturated rings. The van der Waals surface area contributed by atoms with Gasteiger partial charge in [0.15, 0.2) is 0 Å². The van der Waals surface area contributed by atoms with Crippen LogP contribution in [-0.2, 0) is 0 Å². The lowest BCUT2D eigenvalue weighted by atomic mass is 10.1. The Morgan fingerprint density at radius 3 is 2.67 bits per heavy atom. The predicted octanol–water partition coefficient (Wildman–Crippen LogP) is 3.07. The number of rotatable bonds is 2. The summed E-state index contributed by atoms with van der Waals surface area (Å²) in [4.78, 5) is 16.1. The van der Waals surface area contributed by atoms with Crippen molar-refractivity contribution in [3.63, 3.8) is 0 Å². The Bertz CT molecular complexity index is 590. The van der Waals surface area contributed by atoms with E-state index in [4.69, 9.17) is 0 Å². The molecule has 0 saturated heterocycles. The van der Waals surface area contributed by atoms with Gasteiger partial charge >= 0.3 is 6.03 Å². The zero-order chi connectivity index (χ0) is 15.2. The lowest BCUT2D eigenvalue weighted by Gasteiger charge is -2.13. The molecule has 1 aromatic carbocycles. The van der Waals surface area contributed by atoms with Crippen molar-refractivity contribution in [2.45, 2.75) is 33.1 Å². The Kier molecular flexibility index (Phi) is 4.98. The summed E-state index contributed by atoms with van der Waals surface area (Å²) in [5, 5.41) is 8.71. The Balaban J connectivity index is 1.93. The molecule has 21 heavy (non-hydrogen) atoms. The molecule has 0 bridgehead atoms. The summed E-state index contributed by atoms with van der Waals surface area (Å²) in [6, 6.07) is 5.61. The molecule has 0 aliphatic heterocycles. The number of carbonyl (C=O) groups excluding carboxylic acids is 1. The van der Waals surface area contributed by atoms with Crippen molar-refractivity contribution < 1.29 is 4.79 Å². The summed E-state index contributed by atoms with van der Waals surface area (Å²) in [6.07, 6.45) is 5.36. The lowest BCUT2D eigenvalue weighted by molar-refractivity contribution is 0.256. The SMILES string of the molecule is CN=C(NC(=O)Nc1ccc(C)cc1C)NC1=CCCC1. The number of hydrogen-bond acceptors (Lipinski definition) is 2. The van der Waals surface area contributed by atoms with Gasteiger partial charge in [-0.1, -0.05) is 23.8 Å². The van der Waals surface area contributed by atoms with Gasteiger partial charge in [-0.25, -0.2) is 4.79 Å². The van der Waals surface area contributed by atoms with E-state index in [-0.39, 0.29) is 6.03 Å². The van der Waals surface area contributed by atoms with Crippen LogP contribution >= 0.6 is 0 Å². The van der Waals surface area contributed by atoms with Crippen LogP contribution in [0.15, 0.2) is 35.0 Å². The summed E-state index contributed by atoms with van der Waals surface area (Å²) < 4.78 is 0. The molecule has 0 unspecified atom stereocenters. The number of hydrogen-bond donors (Lipinski definition) is 3. The molecule has 0 saturated carbocycles. The fourth-order valence-corrected chi connectivity index (χ4v) is 2.29. The van der Waals surface area contributed by atoms with E-state index < -0.39 is 0 Å². The highest BCUT2D eigenvalue weighted by atomic mass is 16.2. The number of nitrogens with one attached hydrogen (secondary N) is 3. The summed E-state index contributed by atoms with van der Waals surface area (Å²) in [7, 11) is 1.65. The van der Waals surface area contributed by atoms with E-state index >= 15 is 0 Å². The van der Waals surface area contributed by atoms with E-state index in [1.54, 1.807) is 7.05 Å². The van der Waals surface area contributed by atoms with Crippen molar-refractivity contribution in [3.05, 3.63) is 41.1 Å². The van der Waals surface area contributed by atoms with Crippen molar-refractivity contribution in [1.82, 2.24) is 10.6 Å². The van der Waals surface area contributed by atoms with Gasteiger partial charge in [0.05, 0.1) is 0 Å². The average Bonchev–Trinajstić information content (AvgIpc) is 2.94. The van der Waals surface area contributed by atoms with Crippen LogP contribution in [0.3, 0.4) is 0 Å². The molecule has 0 radical (unpaired) electrons. The molecule has 3 N–H and O–H groups in total. The fourth-order valence-electron chi connectivity index (χ4n) is 2.29. The van der Waals surface area contributed by atoms with Gasteiger partial charge in [0.2, 0.25) is 5.96 Å². The molecule has 2 rings (SSSR count). The fraction of sp³-hybridized carbons (Fsp3) is 0.375. The molecular weight excluding hydrogens is 264 g/mol. The van der Waals surface area contributed by atoms with Gasteiger partial charge in [-0.3, -0.25) is 10.3 Å². The van der Waals surface area contributed by atoms with Gasteiger partial charge in [0, 0.05) is 18.4 Å². The monoisotopic (exact) mass is 286 g/mol. The zero-order valence-electron chi connectivity index (χ0n) is 12.8. The summed E-state index contributed by atoms with van der Waals surface area (Å²) in [6.45, 7) is 4.00. The Morgan fingerprint density at radius 1 is 1.24 bits per heavy atom. The maximum atomic E-state index is 12.0. The number of guanidine groups is 1. The summed E-state index contributed by atoms with van der Waals surface area (Å²) >= 11 is 0. The van der Waals surface area contributed by atoms with E-state index in [1.807, 2.05) is 32.0 Å². The number of amides is 2. The normalized spacial score (nSPS) is 14.6. The number of urea groups is 1. The first-order chi connectivity index (χ1) is 10.1. The highest BCUT2D eigenvalue weighted by Gasteiger charge is 2.10. The van der Waals surface area contributed by atoms with Crippen LogP contribution in [0.2, 0.25) is 0 Å². The second-order valence-electron chi connectivity index (χ2n) is 5.22. The molecule has 5 heteroatoms. The van der Waals surface area contributed by atoms with E-state index in [1.165, 1.54) is 5.56 Å². The molecular formula is C16H22N4O. The zero-order valence-corrected chi connectivity index (χ0v) is 12.8. The topological polar surface area (TPSA) is 65.5 Å².